The van der Waals surface area contributed by atoms with Gasteiger partial charge in [0, 0.05) is 6.42 Å². The van der Waals surface area contributed by atoms with Gasteiger partial charge in [-0.1, -0.05) is 64.5 Å². The van der Waals surface area contributed by atoms with E-state index in [1.807, 2.05) is 0 Å². The van der Waals surface area contributed by atoms with Gasteiger partial charge in [-0.2, -0.15) is 0 Å². The van der Waals surface area contributed by atoms with Crippen molar-refractivity contribution in [1.29, 1.82) is 0 Å². The van der Waals surface area contributed by atoms with Crippen molar-refractivity contribution in [2.24, 2.45) is 5.92 Å². The van der Waals surface area contributed by atoms with Crippen molar-refractivity contribution in [3.05, 3.63) is 12.2 Å². The predicted molar refractivity (Wildman–Crippen MR) is 97.4 cm³/mol. The summed E-state index contributed by atoms with van der Waals surface area (Å²) in [6.07, 6.45) is 18.7. The largest absolute Gasteiger partial charge is 0.463 e. The van der Waals surface area contributed by atoms with E-state index in [0.29, 0.717) is 6.42 Å². The van der Waals surface area contributed by atoms with E-state index >= 15 is 0 Å². The van der Waals surface area contributed by atoms with Crippen molar-refractivity contribution in [2.45, 2.75) is 90.9 Å². The van der Waals surface area contributed by atoms with Crippen molar-refractivity contribution >= 4 is 5.97 Å². The van der Waals surface area contributed by atoms with Crippen molar-refractivity contribution in [3.63, 3.8) is 0 Å². The first-order valence-corrected chi connectivity index (χ1v) is 9.58. The molecule has 0 aliphatic rings. The molecule has 0 aliphatic heterocycles. The molecule has 3 nitrogen and oxygen atoms in total. The number of carbonyl (C=O) groups excluding carboxylic acids is 1. The highest BCUT2D eigenvalue weighted by atomic mass is 16.5. The molecule has 0 amide bonds. The number of ether oxygens (including phenoxy) is 1. The molecule has 23 heavy (non-hydrogen) atoms. The highest BCUT2D eigenvalue weighted by Gasteiger charge is 2.01. The Labute approximate surface area is 143 Å². The first-order valence-electron chi connectivity index (χ1n) is 9.58. The summed E-state index contributed by atoms with van der Waals surface area (Å²) in [6.45, 7) is 4.63. The summed E-state index contributed by atoms with van der Waals surface area (Å²) >= 11 is 0. The molecular formula is C20H38O3. The van der Waals surface area contributed by atoms with Crippen LogP contribution in [0.25, 0.3) is 0 Å². The van der Waals surface area contributed by atoms with Crippen molar-refractivity contribution in [1.82, 2.24) is 0 Å². The molecule has 0 radical (unpaired) electrons. The minimum atomic E-state index is -0.192. The lowest BCUT2D eigenvalue weighted by atomic mass is 10.0. The minimum Gasteiger partial charge on any atom is -0.463 e. The van der Waals surface area contributed by atoms with Crippen molar-refractivity contribution in [3.8, 4) is 0 Å². The zero-order chi connectivity index (χ0) is 17.2. The van der Waals surface area contributed by atoms with E-state index in [9.17, 15) is 4.79 Å². The van der Waals surface area contributed by atoms with Gasteiger partial charge in [0.25, 0.3) is 0 Å². The fraction of sp³-hybridized carbons (Fsp3) is 0.850. The first kappa shape index (κ1) is 22.2. The molecule has 0 aromatic heterocycles. The Morgan fingerprint density at radius 1 is 0.913 bits per heavy atom. The van der Waals surface area contributed by atoms with Crippen LogP contribution in [0.1, 0.15) is 90.9 Å². The van der Waals surface area contributed by atoms with Crippen LogP contribution in [0.4, 0.5) is 0 Å². The first-order chi connectivity index (χ1) is 11.2. The van der Waals surface area contributed by atoms with Crippen LogP contribution in [-0.2, 0) is 9.53 Å². The SMILES string of the molecule is CC(C)CCCCCCCC=CCCCCCC(=O)OCCO. The second kappa shape index (κ2) is 17.5. The average Bonchev–Trinajstić information content (AvgIpc) is 2.52. The topological polar surface area (TPSA) is 46.5 Å². The summed E-state index contributed by atoms with van der Waals surface area (Å²) in [5.74, 6) is 0.659. The van der Waals surface area contributed by atoms with Gasteiger partial charge in [-0.25, -0.2) is 0 Å². The molecule has 3 heteroatoms. The van der Waals surface area contributed by atoms with Gasteiger partial charge in [0.2, 0.25) is 0 Å². The normalized spacial score (nSPS) is 11.5. The highest BCUT2D eigenvalue weighted by Crippen LogP contribution is 2.12. The van der Waals surface area contributed by atoms with Crippen molar-refractivity contribution < 1.29 is 14.6 Å². The van der Waals surface area contributed by atoms with Crippen LogP contribution >= 0.6 is 0 Å². The van der Waals surface area contributed by atoms with Gasteiger partial charge < -0.3 is 9.84 Å². The number of aliphatic hydroxyl groups excluding tert-OH is 1. The molecule has 0 saturated heterocycles. The van der Waals surface area contributed by atoms with Crippen LogP contribution in [0.15, 0.2) is 12.2 Å². The second-order valence-corrected chi connectivity index (χ2v) is 6.75. The monoisotopic (exact) mass is 326 g/mol. The van der Waals surface area contributed by atoms with Crippen LogP contribution in [0, 0.1) is 5.92 Å². The van der Waals surface area contributed by atoms with Gasteiger partial charge in [-0.05, 0) is 38.0 Å². The van der Waals surface area contributed by atoms with Gasteiger partial charge >= 0.3 is 5.97 Å². The lowest BCUT2D eigenvalue weighted by molar-refractivity contribution is -0.144. The summed E-state index contributed by atoms with van der Waals surface area (Å²) in [7, 11) is 0. The molecule has 1 N–H and O–H groups in total. The lowest BCUT2D eigenvalue weighted by Gasteiger charge is -2.03. The van der Waals surface area contributed by atoms with E-state index in [2.05, 4.69) is 26.0 Å². The third-order valence-electron chi connectivity index (χ3n) is 3.92. The molecule has 0 rings (SSSR count). The van der Waals surface area contributed by atoms with Crippen molar-refractivity contribution in [2.75, 3.05) is 13.2 Å². The van der Waals surface area contributed by atoms with Gasteiger partial charge in [0.05, 0.1) is 6.61 Å². The second-order valence-electron chi connectivity index (χ2n) is 6.75. The molecule has 0 unspecified atom stereocenters. The number of allylic oxidation sites excluding steroid dienone is 2. The molecule has 0 bridgehead atoms. The quantitative estimate of drug-likeness (QED) is 0.234. The Bertz CT molecular complexity index is 285. The van der Waals surface area contributed by atoms with Gasteiger partial charge in [-0.15, -0.1) is 0 Å². The van der Waals surface area contributed by atoms with E-state index in [1.165, 1.54) is 44.9 Å². The fourth-order valence-electron chi connectivity index (χ4n) is 2.52. The van der Waals surface area contributed by atoms with E-state index in [0.717, 1.165) is 31.6 Å². The third kappa shape index (κ3) is 19.1. The number of rotatable bonds is 16. The summed E-state index contributed by atoms with van der Waals surface area (Å²) in [4.78, 5) is 11.2. The maximum atomic E-state index is 11.2. The number of hydrogen-bond donors (Lipinski definition) is 1. The summed E-state index contributed by atoms with van der Waals surface area (Å²) in [6, 6.07) is 0. The van der Waals surface area contributed by atoms with Gasteiger partial charge in [0.1, 0.15) is 6.61 Å². The molecule has 136 valence electrons. The summed E-state index contributed by atoms with van der Waals surface area (Å²) in [5, 5.41) is 8.53. The minimum absolute atomic E-state index is 0.0888. The van der Waals surface area contributed by atoms with Crippen LogP contribution in [0.5, 0.6) is 0 Å². The molecule has 0 heterocycles. The standard InChI is InChI=1S/C20H38O3/c1-19(2)15-13-11-9-7-5-3-4-6-8-10-12-14-16-20(22)23-18-17-21/h4,6,19,21H,3,5,7-18H2,1-2H3. The molecule has 0 spiro atoms. The molecule has 0 fully saturated rings. The Balaban J connectivity index is 3.18. The van der Waals surface area contributed by atoms with E-state index < -0.39 is 0 Å². The van der Waals surface area contributed by atoms with Crippen LogP contribution in [0.3, 0.4) is 0 Å². The van der Waals surface area contributed by atoms with E-state index in [1.54, 1.807) is 0 Å². The third-order valence-corrected chi connectivity index (χ3v) is 3.92. The number of aliphatic hydroxyl groups is 1. The Hall–Kier alpha value is -0.830. The molecule has 0 aromatic carbocycles. The number of hydrogen-bond acceptors (Lipinski definition) is 3. The number of carbonyl (C=O) groups is 1. The Morgan fingerprint density at radius 3 is 2.09 bits per heavy atom. The predicted octanol–water partition coefficient (Wildman–Crippen LogP) is 5.42. The summed E-state index contributed by atoms with van der Waals surface area (Å²) < 4.78 is 4.81. The van der Waals surface area contributed by atoms with Crippen LogP contribution < -0.4 is 0 Å². The van der Waals surface area contributed by atoms with E-state index in [4.69, 9.17) is 9.84 Å². The number of unbranched alkanes of at least 4 members (excludes halogenated alkanes) is 8. The maximum Gasteiger partial charge on any atom is 0.305 e. The molecular weight excluding hydrogens is 288 g/mol. The Kier molecular flexibility index (Phi) is 16.9. The fourth-order valence-corrected chi connectivity index (χ4v) is 2.52. The van der Waals surface area contributed by atoms with Crippen LogP contribution in [-0.4, -0.2) is 24.3 Å². The molecule has 0 saturated carbocycles. The zero-order valence-electron chi connectivity index (χ0n) is 15.4. The van der Waals surface area contributed by atoms with Crippen LogP contribution in [0.2, 0.25) is 0 Å². The molecule has 0 aromatic rings. The molecule has 0 aliphatic carbocycles. The van der Waals surface area contributed by atoms with E-state index in [-0.39, 0.29) is 19.2 Å². The lowest BCUT2D eigenvalue weighted by Crippen LogP contribution is -2.07. The maximum absolute atomic E-state index is 11.2. The summed E-state index contributed by atoms with van der Waals surface area (Å²) in [5.41, 5.74) is 0. The average molecular weight is 327 g/mol. The zero-order valence-corrected chi connectivity index (χ0v) is 15.4. The number of esters is 1. The molecule has 0 atom stereocenters. The highest BCUT2D eigenvalue weighted by molar-refractivity contribution is 5.69. The van der Waals surface area contributed by atoms with Gasteiger partial charge in [0.15, 0.2) is 0 Å². The smallest absolute Gasteiger partial charge is 0.305 e. The Morgan fingerprint density at radius 2 is 1.48 bits per heavy atom. The van der Waals surface area contributed by atoms with Gasteiger partial charge in [-0.3, -0.25) is 4.79 Å².